The van der Waals surface area contributed by atoms with E-state index in [0.29, 0.717) is 17.5 Å². The minimum absolute atomic E-state index is 0.0251. The Morgan fingerprint density at radius 1 is 1.08 bits per heavy atom. The maximum atomic E-state index is 12.7. The van der Waals surface area contributed by atoms with E-state index in [-0.39, 0.29) is 11.6 Å². The van der Waals surface area contributed by atoms with Crippen LogP contribution in [0.1, 0.15) is 59.4 Å². The van der Waals surface area contributed by atoms with Crippen LogP contribution in [0.4, 0.5) is 4.79 Å². The van der Waals surface area contributed by atoms with Crippen molar-refractivity contribution in [1.29, 1.82) is 0 Å². The predicted octanol–water partition coefficient (Wildman–Crippen LogP) is 4.40. The molecule has 4 heteroatoms. The van der Waals surface area contributed by atoms with Gasteiger partial charge in [0.05, 0.1) is 0 Å². The van der Waals surface area contributed by atoms with Crippen LogP contribution >= 0.6 is 0 Å². The molecule has 2 atom stereocenters. The van der Waals surface area contributed by atoms with Crippen LogP contribution in [0.2, 0.25) is 0 Å². The zero-order chi connectivity index (χ0) is 18.7. The highest BCUT2D eigenvalue weighted by atomic mass is 16.6. The van der Waals surface area contributed by atoms with Crippen molar-refractivity contribution in [2.24, 2.45) is 5.41 Å². The largest absolute Gasteiger partial charge is 0.444 e. The normalized spacial score (nSPS) is 27.7. The van der Waals surface area contributed by atoms with E-state index in [1.807, 2.05) is 25.7 Å². The van der Waals surface area contributed by atoms with Crippen LogP contribution < -0.4 is 0 Å². The number of benzene rings is 1. The van der Waals surface area contributed by atoms with Crippen molar-refractivity contribution in [3.8, 4) is 0 Å². The molecule has 2 saturated heterocycles. The van der Waals surface area contributed by atoms with Crippen molar-refractivity contribution in [2.45, 2.75) is 77.1 Å². The molecule has 3 aliphatic rings. The van der Waals surface area contributed by atoms with Gasteiger partial charge in [-0.15, -0.1) is 0 Å². The summed E-state index contributed by atoms with van der Waals surface area (Å²) in [6, 6.07) is 11.7. The Morgan fingerprint density at radius 2 is 1.73 bits per heavy atom. The smallest absolute Gasteiger partial charge is 0.410 e. The molecule has 1 aromatic carbocycles. The monoisotopic (exact) mass is 356 g/mol. The Hall–Kier alpha value is -1.55. The van der Waals surface area contributed by atoms with Gasteiger partial charge in [0.2, 0.25) is 0 Å². The van der Waals surface area contributed by atoms with Gasteiger partial charge < -0.3 is 9.64 Å². The molecular weight excluding hydrogens is 324 g/mol. The van der Waals surface area contributed by atoms with Crippen LogP contribution in [0, 0.1) is 5.41 Å². The molecule has 2 bridgehead atoms. The van der Waals surface area contributed by atoms with E-state index >= 15 is 0 Å². The summed E-state index contributed by atoms with van der Waals surface area (Å²) < 4.78 is 5.66. The molecule has 26 heavy (non-hydrogen) atoms. The minimum Gasteiger partial charge on any atom is -0.444 e. The number of nitrogens with zero attached hydrogens (tertiary/aromatic N) is 2. The molecule has 1 saturated carbocycles. The maximum Gasteiger partial charge on any atom is 0.410 e. The molecule has 3 fully saturated rings. The SMILES string of the molecule is CC(C)(C)OC(=O)N1CC2CC3(CC3)C(C1)N2C(C)(C)c1ccccc1. The molecule has 2 unspecified atom stereocenters. The van der Waals surface area contributed by atoms with Gasteiger partial charge in [-0.05, 0) is 64.9 Å². The Balaban J connectivity index is 1.59. The Bertz CT molecular complexity index is 688. The third-order valence-corrected chi connectivity index (χ3v) is 6.57. The van der Waals surface area contributed by atoms with E-state index in [1.54, 1.807) is 0 Å². The third-order valence-electron chi connectivity index (χ3n) is 6.57. The number of carbonyl (C=O) groups excluding carboxylic acids is 1. The molecule has 2 aliphatic heterocycles. The Morgan fingerprint density at radius 3 is 2.31 bits per heavy atom. The first-order valence-corrected chi connectivity index (χ1v) is 9.94. The summed E-state index contributed by atoms with van der Waals surface area (Å²) >= 11 is 0. The fourth-order valence-corrected chi connectivity index (χ4v) is 5.24. The number of carbonyl (C=O) groups is 1. The molecule has 0 radical (unpaired) electrons. The van der Waals surface area contributed by atoms with Crippen LogP contribution in [0.15, 0.2) is 30.3 Å². The van der Waals surface area contributed by atoms with Gasteiger partial charge in [-0.3, -0.25) is 4.90 Å². The topological polar surface area (TPSA) is 32.8 Å². The van der Waals surface area contributed by atoms with Gasteiger partial charge in [-0.25, -0.2) is 4.79 Å². The van der Waals surface area contributed by atoms with Gasteiger partial charge in [0.25, 0.3) is 0 Å². The summed E-state index contributed by atoms with van der Waals surface area (Å²) in [4.78, 5) is 17.4. The second kappa shape index (κ2) is 5.72. The molecule has 2 heterocycles. The van der Waals surface area contributed by atoms with E-state index in [1.165, 1.54) is 24.8 Å². The average molecular weight is 357 g/mol. The summed E-state index contributed by atoms with van der Waals surface area (Å²) in [5, 5.41) is 0. The lowest BCUT2D eigenvalue weighted by Gasteiger charge is -2.50. The first kappa shape index (κ1) is 17.8. The number of hydrogen-bond donors (Lipinski definition) is 0. The second-order valence-corrected chi connectivity index (χ2v) is 9.95. The zero-order valence-electron chi connectivity index (χ0n) is 16.8. The molecule has 4 rings (SSSR count). The lowest BCUT2D eigenvalue weighted by Crippen LogP contribution is -2.61. The van der Waals surface area contributed by atoms with Crippen LogP contribution in [-0.2, 0) is 10.3 Å². The molecule has 142 valence electrons. The van der Waals surface area contributed by atoms with Crippen molar-refractivity contribution in [3.63, 3.8) is 0 Å². The van der Waals surface area contributed by atoms with Crippen molar-refractivity contribution in [3.05, 3.63) is 35.9 Å². The van der Waals surface area contributed by atoms with Crippen LogP contribution in [0.25, 0.3) is 0 Å². The molecule has 1 aromatic rings. The van der Waals surface area contributed by atoms with E-state index in [4.69, 9.17) is 4.74 Å². The first-order valence-electron chi connectivity index (χ1n) is 9.94. The fraction of sp³-hybridized carbons (Fsp3) is 0.682. The Kier molecular flexibility index (Phi) is 3.93. The average Bonchev–Trinajstić information content (AvgIpc) is 3.30. The fourth-order valence-electron chi connectivity index (χ4n) is 5.24. The van der Waals surface area contributed by atoms with Crippen molar-refractivity contribution < 1.29 is 9.53 Å². The summed E-state index contributed by atoms with van der Waals surface area (Å²) in [5.74, 6) is 0. The number of likely N-dealkylation sites (tertiary alicyclic amines) is 1. The highest BCUT2D eigenvalue weighted by Gasteiger charge is 2.64. The number of hydrogen-bond acceptors (Lipinski definition) is 3. The summed E-state index contributed by atoms with van der Waals surface area (Å²) in [6.07, 6.45) is 3.67. The summed E-state index contributed by atoms with van der Waals surface area (Å²) in [7, 11) is 0. The molecule has 1 aliphatic carbocycles. The van der Waals surface area contributed by atoms with Gasteiger partial charge in [-0.2, -0.15) is 0 Å². The molecule has 1 amide bonds. The van der Waals surface area contributed by atoms with E-state index < -0.39 is 5.60 Å². The number of amides is 1. The lowest BCUT2D eigenvalue weighted by atomic mass is 9.88. The highest BCUT2D eigenvalue weighted by molar-refractivity contribution is 5.68. The molecule has 4 nitrogen and oxygen atoms in total. The van der Waals surface area contributed by atoms with Crippen molar-refractivity contribution in [2.75, 3.05) is 13.1 Å². The molecule has 1 spiro atoms. The van der Waals surface area contributed by atoms with Crippen LogP contribution in [-0.4, -0.2) is 46.7 Å². The van der Waals surface area contributed by atoms with E-state index in [9.17, 15) is 4.79 Å². The predicted molar refractivity (Wildman–Crippen MR) is 103 cm³/mol. The number of piperazine rings is 1. The van der Waals surface area contributed by atoms with Gasteiger partial charge in [0.15, 0.2) is 0 Å². The van der Waals surface area contributed by atoms with Gasteiger partial charge in [-0.1, -0.05) is 30.3 Å². The van der Waals surface area contributed by atoms with Gasteiger partial charge in [0, 0.05) is 30.7 Å². The molecule has 0 N–H and O–H groups in total. The standard InChI is InChI=1S/C22H32N2O2/c1-20(2,3)26-19(25)23-14-17-13-22(11-12-22)18(15-23)24(17)21(4,5)16-9-7-6-8-10-16/h6-10,17-18H,11-15H2,1-5H3. The third kappa shape index (κ3) is 2.92. The quantitative estimate of drug-likeness (QED) is 0.787. The highest BCUT2D eigenvalue weighted by Crippen LogP contribution is 2.62. The lowest BCUT2D eigenvalue weighted by molar-refractivity contribution is -0.0330. The summed E-state index contributed by atoms with van der Waals surface area (Å²) in [6.45, 7) is 12.1. The van der Waals surface area contributed by atoms with E-state index in [0.717, 1.165) is 13.1 Å². The summed E-state index contributed by atoms with van der Waals surface area (Å²) in [5.41, 5.74) is 1.32. The van der Waals surface area contributed by atoms with Crippen molar-refractivity contribution >= 4 is 6.09 Å². The number of rotatable bonds is 2. The Labute approximate surface area is 157 Å². The van der Waals surface area contributed by atoms with Gasteiger partial charge in [0.1, 0.15) is 5.60 Å². The second-order valence-electron chi connectivity index (χ2n) is 9.95. The number of fused-ring (bicyclic) bond motifs is 3. The minimum atomic E-state index is -0.437. The first-order chi connectivity index (χ1) is 12.1. The number of ether oxygens (including phenoxy) is 1. The van der Waals surface area contributed by atoms with Crippen LogP contribution in [0.5, 0.6) is 0 Å². The molecule has 0 aromatic heterocycles. The van der Waals surface area contributed by atoms with Crippen LogP contribution in [0.3, 0.4) is 0 Å². The van der Waals surface area contributed by atoms with E-state index in [2.05, 4.69) is 49.1 Å². The van der Waals surface area contributed by atoms with Crippen molar-refractivity contribution in [1.82, 2.24) is 9.80 Å². The zero-order valence-corrected chi connectivity index (χ0v) is 16.8. The molecular formula is C22H32N2O2. The van der Waals surface area contributed by atoms with Gasteiger partial charge >= 0.3 is 6.09 Å². The maximum absolute atomic E-state index is 12.7.